The Morgan fingerprint density at radius 2 is 2.04 bits per heavy atom. The van der Waals surface area contributed by atoms with E-state index in [9.17, 15) is 4.79 Å². The number of hydrogen-bond donors (Lipinski definition) is 0. The van der Waals surface area contributed by atoms with Crippen LogP contribution in [0.25, 0.3) is 10.2 Å². The molecule has 0 spiro atoms. The maximum atomic E-state index is 13.2. The molecule has 0 atom stereocenters. The summed E-state index contributed by atoms with van der Waals surface area (Å²) in [6, 6.07) is 11.9. The molecule has 5 heteroatoms. The van der Waals surface area contributed by atoms with E-state index >= 15 is 0 Å². The van der Waals surface area contributed by atoms with E-state index in [2.05, 4.69) is 36.4 Å². The highest BCUT2D eigenvalue weighted by molar-refractivity contribution is 7.17. The third-order valence-corrected chi connectivity index (χ3v) is 5.22. The average molecular weight is 373 g/mol. The van der Waals surface area contributed by atoms with Crippen LogP contribution in [-0.2, 0) is 6.54 Å². The zero-order chi connectivity index (χ0) is 18.0. The second kappa shape index (κ2) is 7.46. The second-order valence-electron chi connectivity index (χ2n) is 6.26. The minimum Gasteiger partial charge on any atom is -0.333 e. The molecule has 2 heterocycles. The number of nitrogens with zero attached hydrogens (tertiary/aromatic N) is 2. The lowest BCUT2D eigenvalue weighted by Gasteiger charge is -2.23. The van der Waals surface area contributed by atoms with Gasteiger partial charge in [-0.2, -0.15) is 0 Å². The predicted molar refractivity (Wildman–Crippen MR) is 107 cm³/mol. The van der Waals surface area contributed by atoms with Crippen molar-refractivity contribution >= 4 is 39.1 Å². The summed E-state index contributed by atoms with van der Waals surface area (Å²) in [4.78, 5) is 15.0. The zero-order valence-electron chi connectivity index (χ0n) is 14.4. The highest BCUT2D eigenvalue weighted by atomic mass is 35.5. The minimum atomic E-state index is 0.0203. The summed E-state index contributed by atoms with van der Waals surface area (Å²) in [7, 11) is 0. The molecule has 3 aromatic rings. The first-order valence-electron chi connectivity index (χ1n) is 8.24. The highest BCUT2D eigenvalue weighted by Gasteiger charge is 2.22. The van der Waals surface area contributed by atoms with Crippen molar-refractivity contribution in [2.45, 2.75) is 26.4 Å². The topological polar surface area (TPSA) is 25.2 Å². The van der Waals surface area contributed by atoms with E-state index in [1.165, 1.54) is 0 Å². The molecule has 3 rings (SSSR count). The fraction of sp³-hybridized carbons (Fsp3) is 0.250. The molecule has 0 bridgehead atoms. The number of hydrogen-bond acceptors (Lipinski definition) is 2. The standard InChI is InChI=1S/C20H21ClN2OS/c1-4-10-22(13-15-5-7-16(21)8-6-15)20(24)18-12-19-17(9-11-25-19)23(18)14(2)3/h4-9,11-12,14H,1,10,13H2,2-3H3. The maximum absolute atomic E-state index is 13.2. The Bertz CT molecular complexity index is 892. The van der Waals surface area contributed by atoms with Gasteiger partial charge >= 0.3 is 0 Å². The van der Waals surface area contributed by atoms with Crippen LogP contribution < -0.4 is 0 Å². The van der Waals surface area contributed by atoms with E-state index in [4.69, 9.17) is 11.6 Å². The van der Waals surface area contributed by atoms with Gasteiger partial charge in [0.2, 0.25) is 0 Å². The van der Waals surface area contributed by atoms with Crippen LogP contribution in [0.2, 0.25) is 5.02 Å². The third kappa shape index (κ3) is 3.65. The monoisotopic (exact) mass is 372 g/mol. The summed E-state index contributed by atoms with van der Waals surface area (Å²) in [5.41, 5.74) is 2.89. The fourth-order valence-corrected chi connectivity index (χ4v) is 3.95. The molecule has 0 N–H and O–H groups in total. The lowest BCUT2D eigenvalue weighted by molar-refractivity contribution is 0.0751. The molecule has 0 unspecified atom stereocenters. The van der Waals surface area contributed by atoms with Crippen molar-refractivity contribution in [3.8, 4) is 0 Å². The summed E-state index contributed by atoms with van der Waals surface area (Å²) in [5.74, 6) is 0.0203. The Balaban J connectivity index is 1.95. The van der Waals surface area contributed by atoms with Crippen LogP contribution in [0.5, 0.6) is 0 Å². The van der Waals surface area contributed by atoms with E-state index in [1.807, 2.05) is 35.2 Å². The van der Waals surface area contributed by atoms with Crippen LogP contribution in [-0.4, -0.2) is 21.9 Å². The van der Waals surface area contributed by atoms with Crippen LogP contribution in [0.4, 0.5) is 0 Å². The Morgan fingerprint density at radius 3 is 2.68 bits per heavy atom. The molecule has 1 aromatic carbocycles. The van der Waals surface area contributed by atoms with E-state index in [0.717, 1.165) is 21.5 Å². The molecular formula is C20H21ClN2OS. The summed E-state index contributed by atoms with van der Waals surface area (Å²) in [6.45, 7) is 9.03. The van der Waals surface area contributed by atoms with Gasteiger partial charge in [-0.1, -0.05) is 29.8 Å². The van der Waals surface area contributed by atoms with E-state index in [-0.39, 0.29) is 11.9 Å². The predicted octanol–water partition coefficient (Wildman–Crippen LogP) is 5.77. The zero-order valence-corrected chi connectivity index (χ0v) is 16.0. The molecule has 0 fully saturated rings. The van der Waals surface area contributed by atoms with Crippen molar-refractivity contribution in [1.82, 2.24) is 9.47 Å². The molecule has 2 aromatic heterocycles. The van der Waals surface area contributed by atoms with Crippen LogP contribution in [0.3, 0.4) is 0 Å². The number of fused-ring (bicyclic) bond motifs is 1. The van der Waals surface area contributed by atoms with Crippen molar-refractivity contribution in [1.29, 1.82) is 0 Å². The van der Waals surface area contributed by atoms with E-state index in [1.54, 1.807) is 17.4 Å². The van der Waals surface area contributed by atoms with Gasteiger partial charge in [-0.05, 0) is 49.1 Å². The van der Waals surface area contributed by atoms with Crippen LogP contribution in [0.1, 0.15) is 35.9 Å². The van der Waals surface area contributed by atoms with Crippen molar-refractivity contribution < 1.29 is 4.79 Å². The largest absolute Gasteiger partial charge is 0.333 e. The lowest BCUT2D eigenvalue weighted by Crippen LogP contribution is -2.32. The lowest BCUT2D eigenvalue weighted by atomic mass is 10.2. The second-order valence-corrected chi connectivity index (χ2v) is 7.65. The van der Waals surface area contributed by atoms with Crippen molar-refractivity contribution in [2.75, 3.05) is 6.54 Å². The Morgan fingerprint density at radius 1 is 1.32 bits per heavy atom. The molecule has 25 heavy (non-hydrogen) atoms. The molecule has 0 radical (unpaired) electrons. The molecule has 1 amide bonds. The van der Waals surface area contributed by atoms with Gasteiger partial charge in [0, 0.05) is 24.2 Å². The number of thiophene rings is 1. The van der Waals surface area contributed by atoms with Gasteiger partial charge in [0.05, 0.1) is 10.2 Å². The summed E-state index contributed by atoms with van der Waals surface area (Å²) in [6.07, 6.45) is 1.76. The first-order valence-corrected chi connectivity index (χ1v) is 9.50. The number of aromatic nitrogens is 1. The molecule has 0 aliphatic heterocycles. The molecule has 130 valence electrons. The molecule has 0 saturated carbocycles. The van der Waals surface area contributed by atoms with Crippen LogP contribution in [0, 0.1) is 0 Å². The Labute approximate surface area is 157 Å². The highest BCUT2D eigenvalue weighted by Crippen LogP contribution is 2.29. The van der Waals surface area contributed by atoms with Gasteiger partial charge in [-0.25, -0.2) is 0 Å². The molecule has 0 aliphatic carbocycles. The molecular weight excluding hydrogens is 352 g/mol. The Hall–Kier alpha value is -2.04. The first kappa shape index (κ1) is 17.8. The van der Waals surface area contributed by atoms with E-state index in [0.29, 0.717) is 18.1 Å². The van der Waals surface area contributed by atoms with Gasteiger partial charge in [0.15, 0.2) is 0 Å². The molecule has 0 aliphatic rings. The van der Waals surface area contributed by atoms with Crippen molar-refractivity contribution in [3.05, 3.63) is 70.7 Å². The summed E-state index contributed by atoms with van der Waals surface area (Å²) >= 11 is 7.62. The number of amides is 1. The Kier molecular flexibility index (Phi) is 5.30. The number of rotatable bonds is 6. The number of halogens is 1. The van der Waals surface area contributed by atoms with Gasteiger partial charge in [-0.15, -0.1) is 17.9 Å². The van der Waals surface area contributed by atoms with Gasteiger partial charge in [-0.3, -0.25) is 4.79 Å². The quantitative estimate of drug-likeness (QED) is 0.504. The number of carbonyl (C=O) groups excluding carboxylic acids is 1. The average Bonchev–Trinajstić information content (AvgIpc) is 3.16. The number of benzene rings is 1. The van der Waals surface area contributed by atoms with Gasteiger partial charge < -0.3 is 9.47 Å². The van der Waals surface area contributed by atoms with E-state index < -0.39 is 0 Å². The smallest absolute Gasteiger partial charge is 0.271 e. The minimum absolute atomic E-state index is 0.0203. The number of carbonyl (C=O) groups is 1. The van der Waals surface area contributed by atoms with Gasteiger partial charge in [0.1, 0.15) is 5.69 Å². The normalized spacial score (nSPS) is 11.2. The summed E-state index contributed by atoms with van der Waals surface area (Å²) < 4.78 is 3.26. The van der Waals surface area contributed by atoms with Crippen molar-refractivity contribution in [2.24, 2.45) is 0 Å². The van der Waals surface area contributed by atoms with Gasteiger partial charge in [0.25, 0.3) is 5.91 Å². The maximum Gasteiger partial charge on any atom is 0.271 e. The van der Waals surface area contributed by atoms with Crippen molar-refractivity contribution in [3.63, 3.8) is 0 Å². The van der Waals surface area contributed by atoms with Crippen LogP contribution in [0.15, 0.2) is 54.4 Å². The molecule has 3 nitrogen and oxygen atoms in total. The fourth-order valence-electron chi connectivity index (χ4n) is 3.01. The van der Waals surface area contributed by atoms with Crippen LogP contribution >= 0.6 is 22.9 Å². The SMILES string of the molecule is C=CCN(Cc1ccc(Cl)cc1)C(=O)c1cc2sccc2n1C(C)C. The third-order valence-electron chi connectivity index (χ3n) is 4.12. The molecule has 0 saturated heterocycles. The first-order chi connectivity index (χ1) is 12.0. The summed E-state index contributed by atoms with van der Waals surface area (Å²) in [5, 5.41) is 2.76.